The summed E-state index contributed by atoms with van der Waals surface area (Å²) in [4.78, 5) is 0. The Hall–Kier alpha value is 0. The van der Waals surface area contributed by atoms with Crippen molar-refractivity contribution >= 4 is 0 Å². The first kappa shape index (κ1) is 24.7. The Labute approximate surface area is 207 Å². The third kappa shape index (κ3) is 6.05. The van der Waals surface area contributed by atoms with E-state index in [0.29, 0.717) is 0 Å². The van der Waals surface area contributed by atoms with Crippen LogP contribution in [0.4, 0.5) is 0 Å². The standard InChI is InChI=1S/C33H58/c1-24(2)10-11-26-9-7-5-4-6-8-25(3)31(19-26)14-12-27-13-15-32(20-27)33-21-28-16-29(22-33)18-30(17-28)23-33/h24-32H,4-23H2,1-3H3. The monoisotopic (exact) mass is 454 g/mol. The van der Waals surface area contributed by atoms with Crippen LogP contribution < -0.4 is 0 Å². The highest BCUT2D eigenvalue weighted by Gasteiger charge is 2.54. The van der Waals surface area contributed by atoms with Crippen molar-refractivity contribution in [3.8, 4) is 0 Å². The molecule has 0 saturated heterocycles. The lowest BCUT2D eigenvalue weighted by Gasteiger charge is -2.59. The summed E-state index contributed by atoms with van der Waals surface area (Å²) in [7, 11) is 0. The molecule has 4 bridgehead atoms. The quantitative estimate of drug-likeness (QED) is 0.359. The summed E-state index contributed by atoms with van der Waals surface area (Å²) < 4.78 is 0. The molecule has 0 aromatic rings. The van der Waals surface area contributed by atoms with Crippen molar-refractivity contribution in [2.24, 2.45) is 58.7 Å². The fourth-order valence-corrected chi connectivity index (χ4v) is 10.5. The second-order valence-corrected chi connectivity index (χ2v) is 15.0. The van der Waals surface area contributed by atoms with Gasteiger partial charge in [-0.3, -0.25) is 0 Å². The zero-order valence-corrected chi connectivity index (χ0v) is 22.8. The molecule has 6 fully saturated rings. The summed E-state index contributed by atoms with van der Waals surface area (Å²) in [6.07, 6.45) is 31.4. The zero-order valence-electron chi connectivity index (χ0n) is 22.8. The van der Waals surface area contributed by atoms with Crippen LogP contribution in [0.3, 0.4) is 0 Å². The van der Waals surface area contributed by atoms with Crippen LogP contribution >= 0.6 is 0 Å². The summed E-state index contributed by atoms with van der Waals surface area (Å²) in [5.74, 6) is 9.54. The van der Waals surface area contributed by atoms with Crippen LogP contribution in [0.15, 0.2) is 0 Å². The molecule has 0 aliphatic heterocycles. The first-order valence-corrected chi connectivity index (χ1v) is 16.0. The Morgan fingerprint density at radius 3 is 1.94 bits per heavy atom. The number of hydrogen-bond acceptors (Lipinski definition) is 0. The molecule has 0 radical (unpaired) electrons. The van der Waals surface area contributed by atoms with Crippen molar-refractivity contribution in [1.29, 1.82) is 0 Å². The molecule has 5 atom stereocenters. The minimum atomic E-state index is 0.829. The largest absolute Gasteiger partial charge is 0.0628 e. The summed E-state index contributed by atoms with van der Waals surface area (Å²) in [6.45, 7) is 7.50. The van der Waals surface area contributed by atoms with Gasteiger partial charge in [-0.2, -0.15) is 0 Å². The number of rotatable bonds is 7. The molecule has 0 nitrogen and oxygen atoms in total. The fraction of sp³-hybridized carbons (Fsp3) is 1.00. The maximum absolute atomic E-state index is 2.64. The lowest BCUT2D eigenvalue weighted by Crippen LogP contribution is -2.49. The zero-order chi connectivity index (χ0) is 22.8. The normalized spacial score (nSPS) is 46.2. The molecule has 0 aromatic heterocycles. The molecular formula is C33H58. The van der Waals surface area contributed by atoms with E-state index in [4.69, 9.17) is 0 Å². The molecule has 0 heterocycles. The molecule has 0 amide bonds. The molecular weight excluding hydrogens is 396 g/mol. The fourth-order valence-electron chi connectivity index (χ4n) is 10.5. The Bertz CT molecular complexity index is 566. The predicted octanol–water partition coefficient (Wildman–Crippen LogP) is 10.4. The number of hydrogen-bond donors (Lipinski definition) is 0. The van der Waals surface area contributed by atoms with E-state index in [-0.39, 0.29) is 0 Å². The predicted molar refractivity (Wildman–Crippen MR) is 143 cm³/mol. The van der Waals surface area contributed by atoms with Gasteiger partial charge in [0.1, 0.15) is 0 Å². The first-order chi connectivity index (χ1) is 16.0. The molecule has 33 heavy (non-hydrogen) atoms. The van der Waals surface area contributed by atoms with Gasteiger partial charge in [0.25, 0.3) is 0 Å². The third-order valence-corrected chi connectivity index (χ3v) is 12.1. The van der Waals surface area contributed by atoms with Gasteiger partial charge in [-0.15, -0.1) is 0 Å². The Kier molecular flexibility index (Phi) is 8.19. The Morgan fingerprint density at radius 1 is 0.636 bits per heavy atom. The van der Waals surface area contributed by atoms with E-state index in [0.717, 1.165) is 58.7 Å². The maximum Gasteiger partial charge on any atom is -0.0261 e. The average molecular weight is 455 g/mol. The van der Waals surface area contributed by atoms with Crippen molar-refractivity contribution in [3.63, 3.8) is 0 Å². The second kappa shape index (κ2) is 10.9. The van der Waals surface area contributed by atoms with Crippen LogP contribution in [0.2, 0.25) is 0 Å². The van der Waals surface area contributed by atoms with Crippen LogP contribution in [0.25, 0.3) is 0 Å². The molecule has 0 heteroatoms. The average Bonchev–Trinajstić information content (AvgIpc) is 3.25. The smallest absolute Gasteiger partial charge is 0.0261 e. The molecule has 6 aliphatic rings. The van der Waals surface area contributed by atoms with Crippen molar-refractivity contribution in [2.45, 2.75) is 149 Å². The highest BCUT2D eigenvalue weighted by atomic mass is 14.6. The van der Waals surface area contributed by atoms with Gasteiger partial charge in [0.15, 0.2) is 0 Å². The second-order valence-electron chi connectivity index (χ2n) is 15.0. The van der Waals surface area contributed by atoms with E-state index >= 15 is 0 Å². The lowest BCUT2D eigenvalue weighted by molar-refractivity contribution is -0.0865. The Balaban J connectivity index is 1.15. The Morgan fingerprint density at radius 2 is 1.27 bits per heavy atom. The van der Waals surface area contributed by atoms with Crippen LogP contribution in [0, 0.1) is 58.7 Å². The van der Waals surface area contributed by atoms with Gasteiger partial charge in [0, 0.05) is 0 Å². The molecule has 0 N–H and O–H groups in total. The molecule has 6 rings (SSSR count). The molecule has 6 aliphatic carbocycles. The van der Waals surface area contributed by atoms with Crippen LogP contribution in [0.5, 0.6) is 0 Å². The highest BCUT2D eigenvalue weighted by molar-refractivity contribution is 5.05. The van der Waals surface area contributed by atoms with Gasteiger partial charge in [0.05, 0.1) is 0 Å². The van der Waals surface area contributed by atoms with Crippen LogP contribution in [0.1, 0.15) is 149 Å². The third-order valence-electron chi connectivity index (χ3n) is 12.1. The van der Waals surface area contributed by atoms with Gasteiger partial charge in [-0.05, 0) is 123 Å². The molecule has 6 saturated carbocycles. The van der Waals surface area contributed by atoms with Crippen LogP contribution in [-0.4, -0.2) is 0 Å². The minimum Gasteiger partial charge on any atom is -0.0628 e. The van der Waals surface area contributed by atoms with Crippen molar-refractivity contribution < 1.29 is 0 Å². The molecule has 0 aromatic carbocycles. The van der Waals surface area contributed by atoms with Crippen molar-refractivity contribution in [2.75, 3.05) is 0 Å². The summed E-state index contributed by atoms with van der Waals surface area (Å²) in [6, 6.07) is 0. The van der Waals surface area contributed by atoms with Crippen molar-refractivity contribution in [3.05, 3.63) is 0 Å². The summed E-state index contributed by atoms with van der Waals surface area (Å²) >= 11 is 0. The first-order valence-electron chi connectivity index (χ1n) is 16.0. The molecule has 5 unspecified atom stereocenters. The minimum absolute atomic E-state index is 0.829. The van der Waals surface area contributed by atoms with Gasteiger partial charge >= 0.3 is 0 Å². The summed E-state index contributed by atoms with van der Waals surface area (Å²) in [5, 5.41) is 0. The van der Waals surface area contributed by atoms with E-state index < -0.39 is 0 Å². The van der Waals surface area contributed by atoms with E-state index in [9.17, 15) is 0 Å². The topological polar surface area (TPSA) is 0 Å². The lowest BCUT2D eigenvalue weighted by atomic mass is 9.46. The summed E-state index contributed by atoms with van der Waals surface area (Å²) in [5.41, 5.74) is 0.829. The van der Waals surface area contributed by atoms with Gasteiger partial charge in [0.2, 0.25) is 0 Å². The SMILES string of the molecule is CC(C)CCC1CCCCCCC(C)C(CCC2CCC(C34CC5CC(CC(C5)C3)C4)C2)C1. The van der Waals surface area contributed by atoms with Gasteiger partial charge < -0.3 is 0 Å². The van der Waals surface area contributed by atoms with E-state index in [1.807, 2.05) is 0 Å². The van der Waals surface area contributed by atoms with E-state index in [1.54, 1.807) is 77.0 Å². The van der Waals surface area contributed by atoms with E-state index in [2.05, 4.69) is 20.8 Å². The van der Waals surface area contributed by atoms with Crippen molar-refractivity contribution in [1.82, 2.24) is 0 Å². The van der Waals surface area contributed by atoms with E-state index in [1.165, 1.54) is 51.4 Å². The molecule has 190 valence electrons. The van der Waals surface area contributed by atoms with Gasteiger partial charge in [-0.25, -0.2) is 0 Å². The van der Waals surface area contributed by atoms with Gasteiger partial charge in [-0.1, -0.05) is 85.0 Å². The molecule has 0 spiro atoms. The highest BCUT2D eigenvalue weighted by Crippen LogP contribution is 2.65. The maximum atomic E-state index is 2.64. The van der Waals surface area contributed by atoms with Crippen LogP contribution in [-0.2, 0) is 0 Å².